The number of anilines is 1. The van der Waals surface area contributed by atoms with E-state index in [1.807, 2.05) is 37.3 Å². The van der Waals surface area contributed by atoms with Crippen molar-refractivity contribution in [3.8, 4) is 0 Å². The molecule has 43 heavy (non-hydrogen) atoms. The van der Waals surface area contributed by atoms with E-state index in [0.717, 1.165) is 26.3 Å². The number of hydrogen-bond acceptors (Lipinski definition) is 7. The summed E-state index contributed by atoms with van der Waals surface area (Å²) in [5.41, 5.74) is 1.57. The maximum atomic E-state index is 15.3. The van der Waals surface area contributed by atoms with Crippen LogP contribution in [0.2, 0.25) is 5.02 Å². The lowest BCUT2D eigenvalue weighted by Gasteiger charge is -2.36. The minimum absolute atomic E-state index is 0.00369. The van der Waals surface area contributed by atoms with Crippen LogP contribution < -0.4 is 10.2 Å². The summed E-state index contributed by atoms with van der Waals surface area (Å²) in [6, 6.07) is 14.4. The fourth-order valence-corrected chi connectivity index (χ4v) is 6.62. The second kappa shape index (κ2) is 11.5. The Hall–Kier alpha value is -4.22. The summed E-state index contributed by atoms with van der Waals surface area (Å²) in [7, 11) is 0. The summed E-state index contributed by atoms with van der Waals surface area (Å²) >= 11 is 7.49. The average Bonchev–Trinajstić information content (AvgIpc) is 3.22. The van der Waals surface area contributed by atoms with Crippen LogP contribution in [0.5, 0.6) is 0 Å². The van der Waals surface area contributed by atoms with Crippen LogP contribution in [-0.4, -0.2) is 71.6 Å². The van der Waals surface area contributed by atoms with Crippen molar-refractivity contribution in [3.05, 3.63) is 87.7 Å². The van der Waals surface area contributed by atoms with Crippen molar-refractivity contribution in [1.29, 1.82) is 0 Å². The highest BCUT2D eigenvalue weighted by Gasteiger charge is 2.45. The third-order valence-corrected chi connectivity index (χ3v) is 9.16. The van der Waals surface area contributed by atoms with Crippen LogP contribution in [-0.2, 0) is 9.59 Å². The number of fused-ring (bicyclic) bond motifs is 1. The van der Waals surface area contributed by atoms with Crippen LogP contribution in [0.1, 0.15) is 49.5 Å². The Morgan fingerprint density at radius 2 is 1.60 bits per heavy atom. The van der Waals surface area contributed by atoms with Crippen molar-refractivity contribution in [2.75, 3.05) is 31.1 Å². The third-order valence-electron chi connectivity index (χ3n) is 7.82. The minimum Gasteiger partial charge on any atom is -0.366 e. The monoisotopic (exact) mass is 620 g/mol. The SMILES string of the molecule is Cc1ccc(Sc2ccc(Cl)cc2)c(C(=O)N2CCN(c3cc4c(cc3F)C(=O)N(C3CCC(=O)NC3=O)C4=O)CC2)c1. The van der Waals surface area contributed by atoms with Gasteiger partial charge < -0.3 is 9.80 Å². The topological polar surface area (TPSA) is 107 Å². The molecule has 2 saturated heterocycles. The van der Waals surface area contributed by atoms with Gasteiger partial charge >= 0.3 is 0 Å². The number of rotatable bonds is 5. The molecular weight excluding hydrogens is 595 g/mol. The number of aryl methyl sites for hydroxylation is 1. The highest BCUT2D eigenvalue weighted by atomic mass is 35.5. The zero-order valence-electron chi connectivity index (χ0n) is 23.1. The van der Waals surface area contributed by atoms with Crippen LogP contribution in [0, 0.1) is 12.7 Å². The molecule has 0 spiro atoms. The molecule has 0 aliphatic carbocycles. The Balaban J connectivity index is 1.17. The number of imide groups is 2. The lowest BCUT2D eigenvalue weighted by Crippen LogP contribution is -2.54. The summed E-state index contributed by atoms with van der Waals surface area (Å²) < 4.78 is 15.3. The van der Waals surface area contributed by atoms with E-state index in [9.17, 15) is 24.0 Å². The molecule has 3 heterocycles. The van der Waals surface area contributed by atoms with Gasteiger partial charge in [-0.1, -0.05) is 35.0 Å². The average molecular weight is 621 g/mol. The van der Waals surface area contributed by atoms with Crippen LogP contribution in [0.3, 0.4) is 0 Å². The summed E-state index contributed by atoms with van der Waals surface area (Å²) in [6.45, 7) is 3.19. The van der Waals surface area contributed by atoms with E-state index in [1.54, 1.807) is 21.9 Å². The van der Waals surface area contributed by atoms with Crippen LogP contribution in [0.15, 0.2) is 64.4 Å². The first-order valence-electron chi connectivity index (χ1n) is 13.7. The number of halogens is 2. The van der Waals surface area contributed by atoms with Gasteiger partial charge in [0.25, 0.3) is 17.7 Å². The molecule has 1 N–H and O–H groups in total. The molecule has 0 aromatic heterocycles. The first kappa shape index (κ1) is 28.9. The second-order valence-corrected chi connectivity index (χ2v) is 12.2. The molecule has 3 aromatic rings. The molecule has 0 bridgehead atoms. The zero-order chi connectivity index (χ0) is 30.4. The lowest BCUT2D eigenvalue weighted by atomic mass is 10.0. The number of carbonyl (C=O) groups is 5. The van der Waals surface area contributed by atoms with Crippen molar-refractivity contribution in [1.82, 2.24) is 15.1 Å². The molecule has 2 fully saturated rings. The molecule has 0 saturated carbocycles. The number of amides is 5. The first-order valence-corrected chi connectivity index (χ1v) is 14.9. The Morgan fingerprint density at radius 1 is 0.930 bits per heavy atom. The number of hydrogen-bond donors (Lipinski definition) is 1. The van der Waals surface area contributed by atoms with Gasteiger partial charge in [0.1, 0.15) is 11.9 Å². The summed E-state index contributed by atoms with van der Waals surface area (Å²) in [5.74, 6) is -3.46. The number of carbonyl (C=O) groups excluding carboxylic acids is 5. The van der Waals surface area contributed by atoms with Gasteiger partial charge in [0.2, 0.25) is 11.8 Å². The van der Waals surface area contributed by atoms with E-state index in [0.29, 0.717) is 36.8 Å². The van der Waals surface area contributed by atoms with E-state index < -0.39 is 35.5 Å². The molecule has 3 aliphatic heterocycles. The van der Waals surface area contributed by atoms with Crippen LogP contribution in [0.4, 0.5) is 10.1 Å². The Labute approximate surface area is 256 Å². The van der Waals surface area contributed by atoms with E-state index in [2.05, 4.69) is 5.32 Å². The van der Waals surface area contributed by atoms with Gasteiger partial charge in [-0.3, -0.25) is 34.2 Å². The van der Waals surface area contributed by atoms with Crippen molar-refractivity contribution in [3.63, 3.8) is 0 Å². The summed E-state index contributed by atoms with van der Waals surface area (Å²) in [4.78, 5) is 69.8. The smallest absolute Gasteiger partial charge is 0.262 e. The highest BCUT2D eigenvalue weighted by molar-refractivity contribution is 7.99. The highest BCUT2D eigenvalue weighted by Crippen LogP contribution is 2.35. The minimum atomic E-state index is -1.13. The summed E-state index contributed by atoms with van der Waals surface area (Å²) in [5, 5.41) is 2.78. The van der Waals surface area contributed by atoms with Crippen molar-refractivity contribution >= 4 is 58.6 Å². The van der Waals surface area contributed by atoms with E-state index in [4.69, 9.17) is 11.6 Å². The normalized spacial score (nSPS) is 18.7. The quantitative estimate of drug-likeness (QED) is 0.424. The molecule has 0 radical (unpaired) electrons. The van der Waals surface area contributed by atoms with E-state index in [-0.39, 0.29) is 35.6 Å². The Morgan fingerprint density at radius 3 is 2.28 bits per heavy atom. The fourth-order valence-electron chi connectivity index (χ4n) is 5.57. The Kier molecular flexibility index (Phi) is 7.70. The second-order valence-electron chi connectivity index (χ2n) is 10.6. The van der Waals surface area contributed by atoms with E-state index in [1.165, 1.54) is 17.8 Å². The van der Waals surface area contributed by atoms with Crippen molar-refractivity contribution in [2.24, 2.45) is 0 Å². The van der Waals surface area contributed by atoms with E-state index >= 15 is 4.39 Å². The maximum Gasteiger partial charge on any atom is 0.262 e. The molecule has 6 rings (SSSR count). The standard InChI is InChI=1S/C31H26ClFN4O5S/c1-17-2-8-26(43-19-5-3-18(32)4-6-19)22(14-17)29(40)36-12-10-35(11-13-36)25-16-21-20(15-23(25)33)30(41)37(31(21)42)24-7-9-27(38)34-28(24)39/h2-6,8,14-16,24H,7,9-13H2,1H3,(H,34,38,39). The van der Waals surface area contributed by atoms with Gasteiger partial charge in [-0.05, 0) is 61.9 Å². The number of nitrogens with one attached hydrogen (secondary N) is 1. The molecule has 5 amide bonds. The van der Waals surface area contributed by atoms with Gasteiger partial charge in [0.05, 0.1) is 22.4 Å². The van der Waals surface area contributed by atoms with Gasteiger partial charge in [-0.15, -0.1) is 0 Å². The van der Waals surface area contributed by atoms with Gasteiger partial charge in [-0.25, -0.2) is 4.39 Å². The molecule has 1 atom stereocenters. The number of benzene rings is 3. The van der Waals surface area contributed by atoms with Gasteiger partial charge in [0, 0.05) is 47.4 Å². The number of nitrogens with zero attached hydrogens (tertiary/aromatic N) is 3. The molecule has 3 aliphatic rings. The number of piperazine rings is 1. The molecule has 220 valence electrons. The zero-order valence-corrected chi connectivity index (χ0v) is 24.6. The van der Waals surface area contributed by atoms with Gasteiger partial charge in [0.15, 0.2) is 0 Å². The predicted molar refractivity (Wildman–Crippen MR) is 158 cm³/mol. The Bertz CT molecular complexity index is 1690. The van der Waals surface area contributed by atoms with Gasteiger partial charge in [-0.2, -0.15) is 0 Å². The third kappa shape index (κ3) is 5.50. The molecule has 12 heteroatoms. The molecule has 1 unspecified atom stereocenters. The summed E-state index contributed by atoms with van der Waals surface area (Å²) in [6.07, 6.45) is 0.0125. The molecule has 9 nitrogen and oxygen atoms in total. The first-order chi connectivity index (χ1) is 20.6. The lowest BCUT2D eigenvalue weighted by molar-refractivity contribution is -0.136. The largest absolute Gasteiger partial charge is 0.366 e. The number of piperidine rings is 1. The maximum absolute atomic E-state index is 15.3. The van der Waals surface area contributed by atoms with Crippen molar-refractivity contribution < 1.29 is 28.4 Å². The molecule has 3 aromatic carbocycles. The van der Waals surface area contributed by atoms with Crippen LogP contribution >= 0.6 is 23.4 Å². The predicted octanol–water partition coefficient (Wildman–Crippen LogP) is 4.30. The van der Waals surface area contributed by atoms with Crippen LogP contribution in [0.25, 0.3) is 0 Å². The van der Waals surface area contributed by atoms with Crippen molar-refractivity contribution in [2.45, 2.75) is 35.6 Å². The fraction of sp³-hybridized carbons (Fsp3) is 0.258. The molecular formula is C31H26ClFN4O5S.